The molecule has 5 aliphatic heterocycles. The van der Waals surface area contributed by atoms with Crippen LogP contribution >= 0.6 is 0 Å². The minimum atomic E-state index is -3.17. The molecule has 0 unspecified atom stereocenters. The highest BCUT2D eigenvalue weighted by Gasteiger charge is 2.61. The number of carboxylic acid groups (broad SMARTS) is 1. The summed E-state index contributed by atoms with van der Waals surface area (Å²) in [6.07, 6.45) is -47.0. The van der Waals surface area contributed by atoms with Crippen LogP contribution in [0.5, 0.6) is 0 Å². The van der Waals surface area contributed by atoms with Crippen molar-refractivity contribution in [3.8, 4) is 0 Å². The number of carbonyl (C=O) groups excluding carboxylic acids is 2. The van der Waals surface area contributed by atoms with E-state index in [1.165, 1.54) is 0 Å². The van der Waals surface area contributed by atoms with Gasteiger partial charge in [0.2, 0.25) is 11.8 Å². The fraction of sp³-hybridized carbons (Fsp3) is 0.919. The topological polar surface area (TPSA) is 502 Å². The first-order chi connectivity index (χ1) is 32.0. The van der Waals surface area contributed by atoms with Crippen LogP contribution in [0, 0.1) is 0 Å². The molecule has 26 atom stereocenters. The van der Waals surface area contributed by atoms with Crippen molar-refractivity contribution in [1.82, 2.24) is 10.6 Å². The van der Waals surface area contributed by atoms with Gasteiger partial charge in [-0.05, 0) is 0 Å². The van der Waals surface area contributed by atoms with Crippen LogP contribution in [0.3, 0.4) is 0 Å². The summed E-state index contributed by atoms with van der Waals surface area (Å²) >= 11 is 0. The molecule has 31 nitrogen and oxygen atoms in total. The maximum atomic E-state index is 13.1. The van der Waals surface area contributed by atoms with Gasteiger partial charge in [-0.25, -0.2) is 4.79 Å². The summed E-state index contributed by atoms with van der Waals surface area (Å²) in [6.45, 7) is -3.28. The van der Waals surface area contributed by atoms with Crippen LogP contribution in [-0.2, 0) is 57.0 Å². The van der Waals surface area contributed by atoms with Gasteiger partial charge in [-0.15, -0.1) is 0 Å². The maximum absolute atomic E-state index is 13.1. The van der Waals surface area contributed by atoms with Crippen molar-refractivity contribution in [2.24, 2.45) is 0 Å². The SMILES string of the molecule is CC(=O)N[C@H]1[C@H](O[C@H]2[C@@H](O)[C@@H](CO)O[C@H](O[C@@H]3[C@H](O)[C@@H](O)[C@H](O[C@H]4[C@H](O)[C@@H](O)[C@H](O)O[C@@H]4CO)O[C@@H]3CO)[C@@H]2O)O[C@H](CO)[C@H](O)[C@@H]1O[C@]1(C(=O)O)C[C@H](O)[C@@H](NC(C)=O)[C@H]([C@H](O)[C@H](O)CO)O1. The third-order valence-corrected chi connectivity index (χ3v) is 12.1. The third kappa shape index (κ3) is 11.8. The molecule has 0 aromatic rings. The number of nitrogens with one attached hydrogen (secondary N) is 2. The highest BCUT2D eigenvalue weighted by atomic mass is 16.8. The summed E-state index contributed by atoms with van der Waals surface area (Å²) in [7, 11) is 0. The van der Waals surface area contributed by atoms with E-state index in [1.807, 2.05) is 0 Å². The summed E-state index contributed by atoms with van der Waals surface area (Å²) < 4.78 is 50.6. The lowest BCUT2D eigenvalue weighted by Gasteiger charge is -2.52. The predicted molar refractivity (Wildman–Crippen MR) is 207 cm³/mol. The van der Waals surface area contributed by atoms with Gasteiger partial charge in [0.15, 0.2) is 25.2 Å². The number of aliphatic hydroxyl groups is 16. The molecule has 5 saturated heterocycles. The summed E-state index contributed by atoms with van der Waals surface area (Å²) in [5.41, 5.74) is 0. The zero-order valence-corrected chi connectivity index (χ0v) is 36.2. The van der Waals surface area contributed by atoms with Crippen LogP contribution in [0.1, 0.15) is 20.3 Å². The standard InChI is InChI=1S/C37H62N2O29/c1-9(45)38-17-11(47)3-37(36(58)59,67-29(17)19(49)12(48)4-40)68-30-18(39-10(2)46)33(61-13(5-41)20(30)50)66-31-21(51)14(6-42)62-35(26(31)56)65-28-16(8-44)63-34(25(55)23(28)53)64-27-15(7-43)60-32(57)24(54)22(27)52/h11-35,40-44,47-57H,3-8H2,1-2H3,(H,38,45)(H,39,46)(H,58,59)/t11-,12+,13+,14+,15+,16+,17+,18+,19+,20-,21-,22+,23+,24+,25+,26+,27+,28-,29+,30+,31-,32+,33-,34-,35+,37-/m0/s1. The van der Waals surface area contributed by atoms with Crippen molar-refractivity contribution in [1.29, 1.82) is 0 Å². The Bertz CT molecular complexity index is 1650. The third-order valence-electron chi connectivity index (χ3n) is 12.1. The summed E-state index contributed by atoms with van der Waals surface area (Å²) in [6, 6.07) is -3.61. The number of hydrogen-bond acceptors (Lipinski definition) is 28. The van der Waals surface area contributed by atoms with Gasteiger partial charge in [0.1, 0.15) is 116 Å². The molecule has 0 bridgehead atoms. The Balaban J connectivity index is 1.42. The monoisotopic (exact) mass is 998 g/mol. The minimum absolute atomic E-state index is 0.816. The summed E-state index contributed by atoms with van der Waals surface area (Å²) in [4.78, 5) is 37.8. The first-order valence-electron chi connectivity index (χ1n) is 21.2. The highest BCUT2D eigenvalue weighted by Crippen LogP contribution is 2.39. The molecule has 0 saturated carbocycles. The van der Waals surface area contributed by atoms with Gasteiger partial charge in [0.25, 0.3) is 5.79 Å². The average molecular weight is 999 g/mol. The van der Waals surface area contributed by atoms with E-state index in [-0.39, 0.29) is 0 Å². The van der Waals surface area contributed by atoms with Crippen LogP contribution < -0.4 is 10.6 Å². The van der Waals surface area contributed by atoms with E-state index < -0.39 is 216 Å². The number of aliphatic hydroxyl groups excluding tert-OH is 16. The zero-order chi connectivity index (χ0) is 50.7. The molecule has 0 radical (unpaired) electrons. The number of carboxylic acids is 1. The van der Waals surface area contributed by atoms with Gasteiger partial charge in [-0.3, -0.25) is 9.59 Å². The van der Waals surface area contributed by atoms with Crippen molar-refractivity contribution in [2.45, 2.75) is 179 Å². The predicted octanol–water partition coefficient (Wildman–Crippen LogP) is -12.4. The van der Waals surface area contributed by atoms with Crippen molar-refractivity contribution in [3.05, 3.63) is 0 Å². The maximum Gasteiger partial charge on any atom is 0.364 e. The minimum Gasteiger partial charge on any atom is -0.477 e. The molecule has 2 amide bonds. The molecular formula is C37H62N2O29. The second-order valence-electron chi connectivity index (χ2n) is 16.8. The Morgan fingerprint density at radius 1 is 0.574 bits per heavy atom. The fourth-order valence-electron chi connectivity index (χ4n) is 8.54. The van der Waals surface area contributed by atoms with E-state index in [2.05, 4.69) is 10.6 Å². The first-order valence-corrected chi connectivity index (χ1v) is 21.2. The van der Waals surface area contributed by atoms with Crippen LogP contribution in [0.4, 0.5) is 0 Å². The molecular weight excluding hydrogens is 936 g/mol. The van der Waals surface area contributed by atoms with Crippen LogP contribution in [0.15, 0.2) is 0 Å². The molecule has 68 heavy (non-hydrogen) atoms. The smallest absolute Gasteiger partial charge is 0.364 e. The van der Waals surface area contributed by atoms with Gasteiger partial charge in [-0.1, -0.05) is 0 Å². The van der Waals surface area contributed by atoms with Crippen LogP contribution in [0.25, 0.3) is 0 Å². The molecule has 5 heterocycles. The molecule has 0 aromatic heterocycles. The summed E-state index contributed by atoms with van der Waals surface area (Å²) in [5, 5.41) is 185. The lowest BCUT2D eigenvalue weighted by molar-refractivity contribution is -0.389. The normalized spacial score (nSPS) is 46.6. The van der Waals surface area contributed by atoms with Crippen molar-refractivity contribution >= 4 is 17.8 Å². The van der Waals surface area contributed by atoms with Gasteiger partial charge in [-0.2, -0.15) is 0 Å². The van der Waals surface area contributed by atoms with Crippen molar-refractivity contribution in [2.75, 3.05) is 33.0 Å². The van der Waals surface area contributed by atoms with Crippen LogP contribution in [-0.4, -0.2) is 297 Å². The molecule has 5 aliphatic rings. The lowest BCUT2D eigenvalue weighted by atomic mass is 9.88. The Morgan fingerprint density at radius 3 is 1.54 bits per heavy atom. The van der Waals surface area contributed by atoms with Gasteiger partial charge >= 0.3 is 5.97 Å². The number of aliphatic carboxylic acids is 1. The van der Waals surface area contributed by atoms with Gasteiger partial charge < -0.3 is 140 Å². The van der Waals surface area contributed by atoms with E-state index in [4.69, 9.17) is 42.6 Å². The Kier molecular flexibility index (Phi) is 19.7. The zero-order valence-electron chi connectivity index (χ0n) is 36.2. The average Bonchev–Trinajstić information content (AvgIpc) is 3.29. The molecule has 31 heteroatoms. The highest BCUT2D eigenvalue weighted by molar-refractivity contribution is 5.77. The first kappa shape index (κ1) is 56.3. The molecule has 5 rings (SSSR count). The molecule has 0 aromatic carbocycles. The van der Waals surface area contributed by atoms with Gasteiger partial charge in [0, 0.05) is 20.3 Å². The quantitative estimate of drug-likeness (QED) is 0.0606. The van der Waals surface area contributed by atoms with Crippen LogP contribution in [0.2, 0.25) is 0 Å². The van der Waals surface area contributed by atoms with E-state index in [0.29, 0.717) is 0 Å². The van der Waals surface area contributed by atoms with Gasteiger partial charge in [0.05, 0.1) is 45.2 Å². The number of ether oxygens (including phenoxy) is 9. The molecule has 0 aliphatic carbocycles. The molecule has 394 valence electrons. The molecule has 5 fully saturated rings. The Hall–Kier alpha value is -2.59. The number of amides is 2. The van der Waals surface area contributed by atoms with E-state index in [0.717, 1.165) is 13.8 Å². The second-order valence-corrected chi connectivity index (χ2v) is 16.8. The fourth-order valence-corrected chi connectivity index (χ4v) is 8.54. The number of rotatable bonds is 18. The molecule has 0 spiro atoms. The Morgan fingerprint density at radius 2 is 1.03 bits per heavy atom. The Labute approximate surface area is 384 Å². The largest absolute Gasteiger partial charge is 0.477 e. The van der Waals surface area contributed by atoms with Crippen molar-refractivity contribution in [3.63, 3.8) is 0 Å². The van der Waals surface area contributed by atoms with E-state index in [1.54, 1.807) is 0 Å². The lowest BCUT2D eigenvalue weighted by Crippen LogP contribution is -2.72. The second kappa shape index (κ2) is 23.8. The van der Waals surface area contributed by atoms with E-state index >= 15 is 0 Å². The number of hydrogen-bond donors (Lipinski definition) is 19. The van der Waals surface area contributed by atoms with Crippen molar-refractivity contribution < 1.29 is 144 Å². The summed E-state index contributed by atoms with van der Waals surface area (Å²) in [5.74, 6) is -7.00. The van der Waals surface area contributed by atoms with E-state index in [9.17, 15) is 101 Å². The number of carbonyl (C=O) groups is 3. The molecule has 19 N–H and O–H groups in total.